The van der Waals surface area contributed by atoms with Gasteiger partial charge in [-0.25, -0.2) is 9.97 Å². The average molecular weight is 366 g/mol. The number of pyridine rings is 1. The molecule has 3 aromatic rings. The van der Waals surface area contributed by atoms with Gasteiger partial charge in [0, 0.05) is 52.3 Å². The monoisotopic (exact) mass is 366 g/mol. The van der Waals surface area contributed by atoms with Crippen LogP contribution in [-0.2, 0) is 0 Å². The smallest absolute Gasteiger partial charge is 0.254 e. The van der Waals surface area contributed by atoms with Gasteiger partial charge in [-0.05, 0) is 25.2 Å². The molecule has 9 heteroatoms. The first-order valence-corrected chi connectivity index (χ1v) is 8.83. The number of carbonyl (C=O) groups excluding carboxylic acids is 1. The molecular weight excluding hydrogens is 344 g/mol. The lowest BCUT2D eigenvalue weighted by atomic mass is 10.1. The summed E-state index contributed by atoms with van der Waals surface area (Å²) in [7, 11) is 5.56. The maximum absolute atomic E-state index is 12.3. The summed E-state index contributed by atoms with van der Waals surface area (Å²) < 4.78 is 1.91. The van der Waals surface area contributed by atoms with Crippen molar-refractivity contribution in [3.8, 4) is 0 Å². The molecule has 1 atom stereocenters. The van der Waals surface area contributed by atoms with Gasteiger partial charge in [-0.2, -0.15) is 0 Å². The van der Waals surface area contributed by atoms with E-state index in [2.05, 4.69) is 37.0 Å². The van der Waals surface area contributed by atoms with E-state index in [4.69, 9.17) is 0 Å². The zero-order valence-corrected chi connectivity index (χ0v) is 15.6. The Labute approximate surface area is 157 Å². The fourth-order valence-corrected chi connectivity index (χ4v) is 3.31. The molecule has 0 spiro atoms. The third-order valence-electron chi connectivity index (χ3n) is 4.86. The van der Waals surface area contributed by atoms with Crippen molar-refractivity contribution >= 4 is 17.5 Å². The van der Waals surface area contributed by atoms with E-state index in [0.717, 1.165) is 24.6 Å². The third kappa shape index (κ3) is 3.21. The van der Waals surface area contributed by atoms with Crippen molar-refractivity contribution in [3.63, 3.8) is 0 Å². The van der Waals surface area contributed by atoms with Crippen molar-refractivity contribution in [3.05, 3.63) is 48.2 Å². The molecule has 0 bridgehead atoms. The Morgan fingerprint density at radius 2 is 1.93 bits per heavy atom. The van der Waals surface area contributed by atoms with Crippen LogP contribution in [-0.4, -0.2) is 81.1 Å². The van der Waals surface area contributed by atoms with E-state index in [1.54, 1.807) is 37.5 Å². The van der Waals surface area contributed by atoms with E-state index in [-0.39, 0.29) is 11.9 Å². The van der Waals surface area contributed by atoms with Crippen LogP contribution in [0, 0.1) is 0 Å². The van der Waals surface area contributed by atoms with Crippen molar-refractivity contribution < 1.29 is 4.79 Å². The Balaban J connectivity index is 1.69. The number of aromatic nitrogens is 5. The molecule has 4 rings (SSSR count). The molecule has 0 radical (unpaired) electrons. The van der Waals surface area contributed by atoms with Gasteiger partial charge in [0.1, 0.15) is 0 Å². The van der Waals surface area contributed by atoms with Crippen LogP contribution >= 0.6 is 0 Å². The molecule has 4 heterocycles. The largest absolute Gasteiger partial charge is 0.345 e. The molecule has 3 aromatic heterocycles. The molecule has 1 aliphatic rings. The molecule has 0 aliphatic carbocycles. The number of hydrogen-bond donors (Lipinski definition) is 0. The van der Waals surface area contributed by atoms with Crippen LogP contribution in [0.5, 0.6) is 0 Å². The van der Waals surface area contributed by atoms with Crippen molar-refractivity contribution in [1.82, 2.24) is 34.4 Å². The first kappa shape index (κ1) is 17.3. The second-order valence-electron chi connectivity index (χ2n) is 6.89. The molecule has 0 aromatic carbocycles. The Morgan fingerprint density at radius 1 is 1.15 bits per heavy atom. The molecule has 0 saturated carbocycles. The standard InChI is InChI=1S/C18H22N8O/c1-23(2)17(27)13-5-6-15-21-22-16(26(15)11-13)14-12-25(10-9-24(14)3)18-19-7-4-8-20-18/h4-8,11,14H,9-10,12H2,1-3H3. The van der Waals surface area contributed by atoms with E-state index in [9.17, 15) is 4.79 Å². The second-order valence-corrected chi connectivity index (χ2v) is 6.89. The molecule has 1 aliphatic heterocycles. The highest BCUT2D eigenvalue weighted by Crippen LogP contribution is 2.25. The van der Waals surface area contributed by atoms with Crippen LogP contribution in [0.3, 0.4) is 0 Å². The molecule has 1 fully saturated rings. The lowest BCUT2D eigenvalue weighted by Crippen LogP contribution is -2.47. The van der Waals surface area contributed by atoms with Crippen molar-refractivity contribution in [1.29, 1.82) is 0 Å². The summed E-state index contributed by atoms with van der Waals surface area (Å²) in [6.45, 7) is 2.40. The first-order chi connectivity index (χ1) is 13.0. The summed E-state index contributed by atoms with van der Waals surface area (Å²) in [6.07, 6.45) is 5.32. The maximum Gasteiger partial charge on any atom is 0.254 e. The Kier molecular flexibility index (Phi) is 4.44. The zero-order chi connectivity index (χ0) is 19.0. The molecule has 1 unspecified atom stereocenters. The number of amides is 1. The fraction of sp³-hybridized carbons (Fsp3) is 0.389. The number of anilines is 1. The minimum Gasteiger partial charge on any atom is -0.345 e. The van der Waals surface area contributed by atoms with Crippen LogP contribution in [0.1, 0.15) is 22.2 Å². The van der Waals surface area contributed by atoms with Gasteiger partial charge in [-0.15, -0.1) is 10.2 Å². The molecular formula is C18H22N8O. The molecule has 1 saturated heterocycles. The van der Waals surface area contributed by atoms with Gasteiger partial charge >= 0.3 is 0 Å². The highest BCUT2D eigenvalue weighted by molar-refractivity contribution is 5.93. The van der Waals surface area contributed by atoms with Gasteiger partial charge in [0.25, 0.3) is 5.91 Å². The highest BCUT2D eigenvalue weighted by atomic mass is 16.2. The summed E-state index contributed by atoms with van der Waals surface area (Å²) >= 11 is 0. The van der Waals surface area contributed by atoms with E-state index in [0.29, 0.717) is 18.1 Å². The van der Waals surface area contributed by atoms with Gasteiger partial charge in [0.15, 0.2) is 11.5 Å². The molecule has 140 valence electrons. The van der Waals surface area contributed by atoms with Gasteiger partial charge in [-0.3, -0.25) is 14.1 Å². The minimum absolute atomic E-state index is 0.0160. The van der Waals surface area contributed by atoms with E-state index >= 15 is 0 Å². The number of rotatable bonds is 3. The van der Waals surface area contributed by atoms with Crippen molar-refractivity contribution in [2.24, 2.45) is 0 Å². The Hall–Kier alpha value is -3.07. The average Bonchev–Trinajstić information content (AvgIpc) is 3.11. The van der Waals surface area contributed by atoms with Gasteiger partial charge in [0.05, 0.1) is 11.6 Å². The number of fused-ring (bicyclic) bond motifs is 1. The number of nitrogens with zero attached hydrogens (tertiary/aromatic N) is 8. The first-order valence-electron chi connectivity index (χ1n) is 8.83. The van der Waals surface area contributed by atoms with Gasteiger partial charge in [-0.1, -0.05) is 0 Å². The topological polar surface area (TPSA) is 82.8 Å². The number of likely N-dealkylation sites (N-methyl/N-ethyl adjacent to an activating group) is 1. The van der Waals surface area contributed by atoms with E-state index in [1.165, 1.54) is 0 Å². The highest BCUT2D eigenvalue weighted by Gasteiger charge is 2.30. The van der Waals surface area contributed by atoms with Crippen LogP contribution in [0.15, 0.2) is 36.8 Å². The SMILES string of the molecule is CN(C)C(=O)c1ccc2nnc(C3CN(c4ncccn4)CCN3C)n2c1. The van der Waals surface area contributed by atoms with Gasteiger partial charge < -0.3 is 9.80 Å². The predicted molar refractivity (Wildman–Crippen MR) is 101 cm³/mol. The second kappa shape index (κ2) is 6.92. The predicted octanol–water partition coefficient (Wildman–Crippen LogP) is 0.714. The quantitative estimate of drug-likeness (QED) is 0.675. The fourth-order valence-electron chi connectivity index (χ4n) is 3.31. The minimum atomic E-state index is -0.0483. The Morgan fingerprint density at radius 3 is 2.67 bits per heavy atom. The maximum atomic E-state index is 12.3. The van der Waals surface area contributed by atoms with E-state index < -0.39 is 0 Å². The van der Waals surface area contributed by atoms with E-state index in [1.807, 2.05) is 22.7 Å². The number of hydrogen-bond acceptors (Lipinski definition) is 7. The van der Waals surface area contributed by atoms with Crippen LogP contribution in [0.4, 0.5) is 5.95 Å². The van der Waals surface area contributed by atoms with Crippen LogP contribution in [0.2, 0.25) is 0 Å². The lowest BCUT2D eigenvalue weighted by Gasteiger charge is -2.38. The molecule has 0 N–H and O–H groups in total. The van der Waals surface area contributed by atoms with Gasteiger partial charge in [0.2, 0.25) is 5.95 Å². The van der Waals surface area contributed by atoms with Crippen molar-refractivity contribution in [2.75, 3.05) is 45.7 Å². The lowest BCUT2D eigenvalue weighted by molar-refractivity contribution is 0.0827. The molecule has 9 nitrogen and oxygen atoms in total. The third-order valence-corrected chi connectivity index (χ3v) is 4.86. The summed E-state index contributed by atoms with van der Waals surface area (Å²) in [6, 6.07) is 5.44. The summed E-state index contributed by atoms with van der Waals surface area (Å²) in [5.74, 6) is 1.47. The summed E-state index contributed by atoms with van der Waals surface area (Å²) in [5.41, 5.74) is 1.33. The zero-order valence-electron chi connectivity index (χ0n) is 15.6. The number of piperazine rings is 1. The summed E-state index contributed by atoms with van der Waals surface area (Å²) in [4.78, 5) is 27.0. The number of carbonyl (C=O) groups is 1. The van der Waals surface area contributed by atoms with Crippen LogP contribution in [0.25, 0.3) is 5.65 Å². The molecule has 27 heavy (non-hydrogen) atoms. The van der Waals surface area contributed by atoms with Crippen LogP contribution < -0.4 is 4.90 Å². The normalized spacial score (nSPS) is 18.0. The molecule has 1 amide bonds. The summed E-state index contributed by atoms with van der Waals surface area (Å²) in [5, 5.41) is 8.70. The Bertz CT molecular complexity index is 954. The van der Waals surface area contributed by atoms with Crippen molar-refractivity contribution in [2.45, 2.75) is 6.04 Å².